The number of benzene rings is 1. The normalized spacial score (nSPS) is 9.76. The lowest BCUT2D eigenvalue weighted by Crippen LogP contribution is -2.05. The number of hydrogen-bond acceptors (Lipinski definition) is 4. The van der Waals surface area contributed by atoms with Crippen molar-refractivity contribution in [3.63, 3.8) is 0 Å². The van der Waals surface area contributed by atoms with Crippen LogP contribution in [-0.4, -0.2) is 18.9 Å². The number of carbonyl (C=O) groups is 2. The van der Waals surface area contributed by atoms with E-state index in [1.165, 1.54) is 6.92 Å². The van der Waals surface area contributed by atoms with Crippen molar-refractivity contribution >= 4 is 12.3 Å². The van der Waals surface area contributed by atoms with Gasteiger partial charge in [-0.3, -0.25) is 9.59 Å². The van der Waals surface area contributed by atoms with Gasteiger partial charge in [-0.1, -0.05) is 13.3 Å². The summed E-state index contributed by atoms with van der Waals surface area (Å²) in [6, 6.07) is 4.71. The molecule has 0 radical (unpaired) electrons. The predicted octanol–water partition coefficient (Wildman–Crippen LogP) is 2.60. The molecule has 0 atom stereocenters. The van der Waals surface area contributed by atoms with Gasteiger partial charge in [0, 0.05) is 12.5 Å². The van der Waals surface area contributed by atoms with E-state index in [9.17, 15) is 9.59 Å². The van der Waals surface area contributed by atoms with Crippen molar-refractivity contribution in [2.75, 3.05) is 6.61 Å². The molecule has 0 spiro atoms. The highest BCUT2D eigenvalue weighted by atomic mass is 16.6. The molecule has 0 aliphatic heterocycles. The molecule has 0 heterocycles. The molecule has 0 amide bonds. The number of ether oxygens (including phenoxy) is 2. The second-order valence-corrected chi connectivity index (χ2v) is 3.62. The van der Waals surface area contributed by atoms with E-state index in [4.69, 9.17) is 9.47 Å². The summed E-state index contributed by atoms with van der Waals surface area (Å²) < 4.78 is 10.5. The maximum absolute atomic E-state index is 10.9. The topological polar surface area (TPSA) is 52.6 Å². The Morgan fingerprint density at radius 3 is 2.71 bits per heavy atom. The van der Waals surface area contributed by atoms with E-state index in [0.717, 1.165) is 19.1 Å². The third-order valence-electron chi connectivity index (χ3n) is 2.11. The molecule has 1 rings (SSSR count). The van der Waals surface area contributed by atoms with Gasteiger partial charge in [-0.15, -0.1) is 0 Å². The first kappa shape index (κ1) is 13.2. The lowest BCUT2D eigenvalue weighted by molar-refractivity contribution is -0.132. The molecule has 4 nitrogen and oxygen atoms in total. The SMILES string of the molecule is CCCCOc1cc(C=O)ccc1OC(C)=O. The minimum absolute atomic E-state index is 0.346. The number of hydrogen-bond donors (Lipinski definition) is 0. The van der Waals surface area contributed by atoms with Gasteiger partial charge < -0.3 is 9.47 Å². The summed E-state index contributed by atoms with van der Waals surface area (Å²) in [5.41, 5.74) is 0.493. The summed E-state index contributed by atoms with van der Waals surface area (Å²) in [6.45, 7) is 3.91. The summed E-state index contributed by atoms with van der Waals surface area (Å²) in [4.78, 5) is 21.6. The maximum atomic E-state index is 10.9. The fraction of sp³-hybridized carbons (Fsp3) is 0.385. The Kier molecular flexibility index (Phi) is 5.20. The Morgan fingerprint density at radius 1 is 1.35 bits per heavy atom. The second-order valence-electron chi connectivity index (χ2n) is 3.62. The second kappa shape index (κ2) is 6.68. The summed E-state index contributed by atoms with van der Waals surface area (Å²) in [5, 5.41) is 0. The molecule has 0 N–H and O–H groups in total. The van der Waals surface area contributed by atoms with Gasteiger partial charge >= 0.3 is 5.97 Å². The van der Waals surface area contributed by atoms with Crippen molar-refractivity contribution in [2.45, 2.75) is 26.7 Å². The molecule has 1 aromatic rings. The van der Waals surface area contributed by atoms with Crippen molar-refractivity contribution in [3.8, 4) is 11.5 Å². The van der Waals surface area contributed by atoms with Crippen molar-refractivity contribution in [2.24, 2.45) is 0 Å². The average molecular weight is 236 g/mol. The molecular formula is C13H16O4. The van der Waals surface area contributed by atoms with Crippen LogP contribution in [0.4, 0.5) is 0 Å². The summed E-state index contributed by atoms with van der Waals surface area (Å²) in [7, 11) is 0. The quantitative estimate of drug-likeness (QED) is 0.330. The number of rotatable bonds is 6. The molecule has 92 valence electrons. The van der Waals surface area contributed by atoms with Crippen molar-refractivity contribution < 1.29 is 19.1 Å². The third-order valence-corrected chi connectivity index (χ3v) is 2.11. The largest absolute Gasteiger partial charge is 0.490 e. The van der Waals surface area contributed by atoms with Crippen LogP contribution in [0.1, 0.15) is 37.0 Å². The predicted molar refractivity (Wildman–Crippen MR) is 63.5 cm³/mol. The highest BCUT2D eigenvalue weighted by molar-refractivity contribution is 5.77. The van der Waals surface area contributed by atoms with E-state index < -0.39 is 5.97 Å². The Hall–Kier alpha value is -1.84. The summed E-state index contributed by atoms with van der Waals surface area (Å²) in [6.07, 6.45) is 2.64. The van der Waals surface area contributed by atoms with Crippen molar-refractivity contribution in [3.05, 3.63) is 23.8 Å². The highest BCUT2D eigenvalue weighted by Crippen LogP contribution is 2.28. The van der Waals surface area contributed by atoms with Gasteiger partial charge in [-0.2, -0.15) is 0 Å². The number of carbonyl (C=O) groups excluding carboxylic acids is 2. The van der Waals surface area contributed by atoms with Gasteiger partial charge in [0.15, 0.2) is 11.5 Å². The minimum Gasteiger partial charge on any atom is -0.490 e. The lowest BCUT2D eigenvalue weighted by Gasteiger charge is -2.10. The molecule has 0 aliphatic rings. The third kappa shape index (κ3) is 4.26. The monoisotopic (exact) mass is 236 g/mol. The molecule has 17 heavy (non-hydrogen) atoms. The molecule has 0 saturated carbocycles. The van der Waals surface area contributed by atoms with E-state index in [1.807, 2.05) is 0 Å². The van der Waals surface area contributed by atoms with Crippen molar-refractivity contribution in [1.29, 1.82) is 0 Å². The van der Waals surface area contributed by atoms with Crippen LogP contribution < -0.4 is 9.47 Å². The van der Waals surface area contributed by atoms with Crippen LogP contribution in [0.2, 0.25) is 0 Å². The van der Waals surface area contributed by atoms with Gasteiger partial charge in [-0.05, 0) is 24.6 Å². The zero-order valence-corrected chi connectivity index (χ0v) is 10.1. The van der Waals surface area contributed by atoms with Crippen LogP contribution in [0.5, 0.6) is 11.5 Å². The fourth-order valence-electron chi connectivity index (χ4n) is 1.28. The van der Waals surface area contributed by atoms with E-state index in [2.05, 4.69) is 6.92 Å². The molecule has 0 saturated heterocycles. The van der Waals surface area contributed by atoms with Gasteiger partial charge in [0.25, 0.3) is 0 Å². The Balaban J connectivity index is 2.86. The number of unbranched alkanes of at least 4 members (excludes halogenated alkanes) is 1. The van der Waals surface area contributed by atoms with E-state index >= 15 is 0 Å². The van der Waals surface area contributed by atoms with Crippen LogP contribution in [0.3, 0.4) is 0 Å². The van der Waals surface area contributed by atoms with Crippen LogP contribution >= 0.6 is 0 Å². The van der Waals surface area contributed by atoms with Crippen LogP contribution in [0.15, 0.2) is 18.2 Å². The van der Waals surface area contributed by atoms with Crippen molar-refractivity contribution in [1.82, 2.24) is 0 Å². The molecule has 4 heteroatoms. The smallest absolute Gasteiger partial charge is 0.308 e. The summed E-state index contributed by atoms with van der Waals surface area (Å²) in [5.74, 6) is 0.363. The van der Waals surface area contributed by atoms with Crippen LogP contribution in [0.25, 0.3) is 0 Å². The molecule has 0 aromatic heterocycles. The zero-order valence-electron chi connectivity index (χ0n) is 10.1. The molecule has 0 fully saturated rings. The van der Waals surface area contributed by atoms with Gasteiger partial charge in [0.05, 0.1) is 6.61 Å². The van der Waals surface area contributed by atoms with Crippen LogP contribution in [-0.2, 0) is 4.79 Å². The van der Waals surface area contributed by atoms with Gasteiger partial charge in [0.2, 0.25) is 0 Å². The first-order valence-corrected chi connectivity index (χ1v) is 5.57. The Morgan fingerprint density at radius 2 is 2.12 bits per heavy atom. The number of aldehydes is 1. The summed E-state index contributed by atoms with van der Waals surface area (Å²) >= 11 is 0. The number of esters is 1. The van der Waals surface area contributed by atoms with Gasteiger partial charge in [-0.25, -0.2) is 0 Å². The lowest BCUT2D eigenvalue weighted by atomic mass is 10.2. The Labute approximate surface area is 101 Å². The molecule has 0 unspecified atom stereocenters. The van der Waals surface area contributed by atoms with Gasteiger partial charge in [0.1, 0.15) is 6.29 Å². The molecule has 0 bridgehead atoms. The minimum atomic E-state index is -0.413. The van der Waals surface area contributed by atoms with Crippen LogP contribution in [0, 0.1) is 0 Å². The molecular weight excluding hydrogens is 220 g/mol. The van der Waals surface area contributed by atoms with E-state index in [1.54, 1.807) is 18.2 Å². The average Bonchev–Trinajstić information content (AvgIpc) is 2.30. The standard InChI is InChI=1S/C13H16O4/c1-3-4-7-16-13-8-11(9-14)5-6-12(13)17-10(2)15/h5-6,8-9H,3-4,7H2,1-2H3. The first-order valence-electron chi connectivity index (χ1n) is 5.57. The molecule has 0 aliphatic carbocycles. The maximum Gasteiger partial charge on any atom is 0.308 e. The molecule has 1 aromatic carbocycles. The zero-order chi connectivity index (χ0) is 12.7. The first-order chi connectivity index (χ1) is 8.17. The fourth-order valence-corrected chi connectivity index (χ4v) is 1.28. The van der Waals surface area contributed by atoms with E-state index in [-0.39, 0.29) is 0 Å². The highest BCUT2D eigenvalue weighted by Gasteiger charge is 2.08. The van der Waals surface area contributed by atoms with E-state index in [0.29, 0.717) is 23.7 Å². The Bertz CT molecular complexity index is 398.